The molecule has 4 rings (SSSR count). The number of aliphatic hydroxyl groups is 2. The van der Waals surface area contributed by atoms with E-state index in [9.17, 15) is 25.1 Å². The summed E-state index contributed by atoms with van der Waals surface area (Å²) in [7, 11) is 0. The predicted molar refractivity (Wildman–Crippen MR) is 131 cm³/mol. The number of anilines is 1. The molecule has 0 saturated carbocycles. The fourth-order valence-electron chi connectivity index (χ4n) is 5.13. The van der Waals surface area contributed by atoms with E-state index in [0.717, 1.165) is 42.7 Å². The largest absolute Gasteiger partial charge is 0.380 e. The summed E-state index contributed by atoms with van der Waals surface area (Å²) >= 11 is 0. The van der Waals surface area contributed by atoms with Crippen molar-refractivity contribution in [2.45, 2.75) is 51.0 Å². The Hall–Kier alpha value is -3.41. The molecule has 2 aliphatic rings. The Bertz CT molecular complexity index is 1130. The lowest BCUT2D eigenvalue weighted by Gasteiger charge is -2.35. The maximum atomic E-state index is 13.0. The summed E-state index contributed by atoms with van der Waals surface area (Å²) in [6, 6.07) is 17.4. The Morgan fingerprint density at radius 2 is 1.74 bits per heavy atom. The number of hydrogen-bond acceptors (Lipinski definition) is 6. The van der Waals surface area contributed by atoms with Crippen molar-refractivity contribution in [1.82, 2.24) is 10.2 Å². The third-order valence-corrected chi connectivity index (χ3v) is 7.31. The summed E-state index contributed by atoms with van der Waals surface area (Å²) in [6.45, 7) is 5.96. The normalized spacial score (nSPS) is 18.9. The molecular formula is C27H32N4O4. The molecule has 2 unspecified atom stereocenters. The Labute approximate surface area is 205 Å². The van der Waals surface area contributed by atoms with Crippen LogP contribution in [0.2, 0.25) is 0 Å². The van der Waals surface area contributed by atoms with Gasteiger partial charge in [-0.1, -0.05) is 36.4 Å². The molecule has 2 aliphatic heterocycles. The van der Waals surface area contributed by atoms with Crippen molar-refractivity contribution in [1.29, 1.82) is 5.26 Å². The molecule has 2 amide bonds. The first kappa shape index (κ1) is 24.7. The minimum atomic E-state index is -1.84. The van der Waals surface area contributed by atoms with Crippen molar-refractivity contribution in [3.8, 4) is 6.07 Å². The molecule has 0 aliphatic carbocycles. The van der Waals surface area contributed by atoms with Gasteiger partial charge >= 0.3 is 0 Å². The number of rotatable bonds is 6. The zero-order valence-corrected chi connectivity index (χ0v) is 20.1. The standard InChI is InChI=1S/C27H32N4O4/c1-27(2)21-9-5-3-8-20(21)17-31(27)26(35)24(33)23(32)25(34)29-16-18-11-13-30(14-12-18)22-10-6-4-7-19(22)15-28/h3-10,18,23-24,32-33H,11-14,16-17H2,1-2H3,(H,29,34). The topological polar surface area (TPSA) is 117 Å². The first-order valence-electron chi connectivity index (χ1n) is 12.0. The van der Waals surface area contributed by atoms with Gasteiger partial charge in [0.05, 0.1) is 16.8 Å². The van der Waals surface area contributed by atoms with Crippen molar-refractivity contribution >= 4 is 17.5 Å². The van der Waals surface area contributed by atoms with Crippen LogP contribution in [0.5, 0.6) is 0 Å². The molecule has 2 aromatic rings. The van der Waals surface area contributed by atoms with Gasteiger partial charge in [0.1, 0.15) is 6.07 Å². The van der Waals surface area contributed by atoms with Gasteiger partial charge in [0.25, 0.3) is 11.8 Å². The summed E-state index contributed by atoms with van der Waals surface area (Å²) in [6.07, 6.45) is -2.05. The van der Waals surface area contributed by atoms with Crippen LogP contribution in [-0.2, 0) is 21.7 Å². The van der Waals surface area contributed by atoms with Crippen molar-refractivity contribution in [2.24, 2.45) is 5.92 Å². The van der Waals surface area contributed by atoms with Gasteiger partial charge < -0.3 is 25.3 Å². The van der Waals surface area contributed by atoms with E-state index in [-0.39, 0.29) is 5.92 Å². The molecule has 0 radical (unpaired) electrons. The molecule has 0 bridgehead atoms. The Morgan fingerprint density at radius 1 is 1.09 bits per heavy atom. The molecule has 0 spiro atoms. The molecule has 35 heavy (non-hydrogen) atoms. The van der Waals surface area contributed by atoms with Crippen molar-refractivity contribution in [2.75, 3.05) is 24.5 Å². The number of para-hydroxylation sites is 1. The van der Waals surface area contributed by atoms with E-state index in [1.165, 1.54) is 4.90 Å². The van der Waals surface area contributed by atoms with Crippen LogP contribution in [0.25, 0.3) is 0 Å². The van der Waals surface area contributed by atoms with E-state index in [0.29, 0.717) is 18.7 Å². The highest BCUT2D eigenvalue weighted by Gasteiger charge is 2.44. The summed E-state index contributed by atoms with van der Waals surface area (Å²) in [5.41, 5.74) is 2.89. The van der Waals surface area contributed by atoms with E-state index >= 15 is 0 Å². The second-order valence-corrected chi connectivity index (χ2v) is 9.83. The van der Waals surface area contributed by atoms with Crippen LogP contribution in [0, 0.1) is 17.2 Å². The highest BCUT2D eigenvalue weighted by molar-refractivity contribution is 5.91. The second-order valence-electron chi connectivity index (χ2n) is 9.83. The maximum Gasteiger partial charge on any atom is 0.255 e. The first-order chi connectivity index (χ1) is 16.7. The molecule has 8 nitrogen and oxygen atoms in total. The molecule has 184 valence electrons. The number of piperidine rings is 1. The van der Waals surface area contributed by atoms with Crippen LogP contribution in [0.3, 0.4) is 0 Å². The van der Waals surface area contributed by atoms with Crippen molar-refractivity contribution in [3.63, 3.8) is 0 Å². The minimum Gasteiger partial charge on any atom is -0.380 e. The Morgan fingerprint density at radius 3 is 2.43 bits per heavy atom. The molecule has 3 N–H and O–H groups in total. The number of carbonyl (C=O) groups excluding carboxylic acids is 2. The van der Waals surface area contributed by atoms with Crippen molar-refractivity contribution in [3.05, 3.63) is 65.2 Å². The number of nitrogens with zero attached hydrogens (tertiary/aromatic N) is 3. The van der Waals surface area contributed by atoms with Crippen LogP contribution in [0.1, 0.15) is 43.4 Å². The highest BCUT2D eigenvalue weighted by atomic mass is 16.3. The molecule has 1 saturated heterocycles. The first-order valence-corrected chi connectivity index (χ1v) is 12.0. The van der Waals surface area contributed by atoms with Gasteiger partial charge in [-0.25, -0.2) is 0 Å². The second kappa shape index (κ2) is 10.1. The van der Waals surface area contributed by atoms with E-state index in [2.05, 4.69) is 16.3 Å². The summed E-state index contributed by atoms with van der Waals surface area (Å²) < 4.78 is 0. The van der Waals surface area contributed by atoms with Crippen LogP contribution in [0.15, 0.2) is 48.5 Å². The predicted octanol–water partition coefficient (Wildman–Crippen LogP) is 1.89. The monoisotopic (exact) mass is 476 g/mol. The number of carbonyl (C=O) groups is 2. The van der Waals surface area contributed by atoms with E-state index in [4.69, 9.17) is 0 Å². The Kier molecular flexibility index (Phi) is 7.10. The summed E-state index contributed by atoms with van der Waals surface area (Å²) in [5.74, 6) is -1.22. The molecule has 2 heterocycles. The third kappa shape index (κ3) is 4.88. The van der Waals surface area contributed by atoms with Crippen LogP contribution in [-0.4, -0.2) is 58.8 Å². The number of nitriles is 1. The zero-order valence-electron chi connectivity index (χ0n) is 20.1. The van der Waals surface area contributed by atoms with Gasteiger partial charge in [-0.3, -0.25) is 9.59 Å². The zero-order chi connectivity index (χ0) is 25.2. The van der Waals surface area contributed by atoms with Gasteiger partial charge in [0.15, 0.2) is 12.2 Å². The van der Waals surface area contributed by atoms with Gasteiger partial charge in [0, 0.05) is 26.2 Å². The number of aliphatic hydroxyl groups excluding tert-OH is 2. The quantitative estimate of drug-likeness (QED) is 0.586. The third-order valence-electron chi connectivity index (χ3n) is 7.31. The molecule has 0 aromatic heterocycles. The van der Waals surface area contributed by atoms with Crippen LogP contribution < -0.4 is 10.2 Å². The fraction of sp³-hybridized carbons (Fsp3) is 0.444. The highest BCUT2D eigenvalue weighted by Crippen LogP contribution is 2.39. The lowest BCUT2D eigenvalue weighted by Crippen LogP contribution is -2.53. The maximum absolute atomic E-state index is 13.0. The smallest absolute Gasteiger partial charge is 0.255 e. The minimum absolute atomic E-state index is 0.205. The van der Waals surface area contributed by atoms with Gasteiger partial charge in [0.2, 0.25) is 0 Å². The number of hydrogen-bond donors (Lipinski definition) is 3. The lowest BCUT2D eigenvalue weighted by atomic mass is 9.93. The molecule has 1 fully saturated rings. The Balaban J connectivity index is 1.28. The van der Waals surface area contributed by atoms with E-state index in [1.54, 1.807) is 6.07 Å². The molecular weight excluding hydrogens is 444 g/mol. The average molecular weight is 477 g/mol. The van der Waals surface area contributed by atoms with E-state index in [1.807, 2.05) is 56.3 Å². The average Bonchev–Trinajstić information content (AvgIpc) is 3.16. The molecule has 2 atom stereocenters. The van der Waals surface area contributed by atoms with Gasteiger partial charge in [-0.2, -0.15) is 5.26 Å². The molecule has 2 aromatic carbocycles. The van der Waals surface area contributed by atoms with Crippen LogP contribution in [0.4, 0.5) is 5.69 Å². The fourth-order valence-corrected chi connectivity index (χ4v) is 5.13. The number of benzene rings is 2. The van der Waals surface area contributed by atoms with Crippen molar-refractivity contribution < 1.29 is 19.8 Å². The number of amides is 2. The van der Waals surface area contributed by atoms with Gasteiger partial charge in [-0.05, 0) is 55.9 Å². The molecule has 8 heteroatoms. The summed E-state index contributed by atoms with van der Waals surface area (Å²) in [5, 5.41) is 33.0. The van der Waals surface area contributed by atoms with E-state index < -0.39 is 29.6 Å². The van der Waals surface area contributed by atoms with Gasteiger partial charge in [-0.15, -0.1) is 0 Å². The number of fused-ring (bicyclic) bond motifs is 1. The SMILES string of the molecule is CC1(C)c2ccccc2CN1C(=O)C(O)C(O)C(=O)NCC1CCN(c2ccccc2C#N)CC1. The van der Waals surface area contributed by atoms with Crippen LogP contribution >= 0.6 is 0 Å². The lowest BCUT2D eigenvalue weighted by molar-refractivity contribution is -0.157. The number of nitrogens with one attached hydrogen (secondary N) is 1. The summed E-state index contributed by atoms with van der Waals surface area (Å²) in [4.78, 5) is 29.2.